The molecule has 5 nitrogen and oxygen atoms in total. The van der Waals surface area contributed by atoms with E-state index in [0.29, 0.717) is 0 Å². The van der Waals surface area contributed by atoms with Crippen molar-refractivity contribution in [3.05, 3.63) is 12.2 Å². The number of nitrogens with one attached hydrogen (secondary N) is 1. The first kappa shape index (κ1) is 16.2. The Kier molecular flexibility index (Phi) is 6.00. The van der Waals surface area contributed by atoms with E-state index >= 15 is 0 Å². The summed E-state index contributed by atoms with van der Waals surface area (Å²) in [5.41, 5.74) is 0. The largest absolute Gasteiger partial charge is 0.303 e. The van der Waals surface area contributed by atoms with Crippen molar-refractivity contribution >= 4 is 16.1 Å². The Morgan fingerprint density at radius 2 is 2.05 bits per heavy atom. The molecule has 0 heterocycles. The summed E-state index contributed by atoms with van der Waals surface area (Å²) in [4.78, 5) is 11.7. The highest BCUT2D eigenvalue weighted by Crippen LogP contribution is 2.40. The van der Waals surface area contributed by atoms with Crippen molar-refractivity contribution in [3.8, 4) is 0 Å². The molecule has 0 aliphatic heterocycles. The smallest absolute Gasteiger partial charge is 0.274 e. The third-order valence-electron chi connectivity index (χ3n) is 3.24. The van der Waals surface area contributed by atoms with E-state index in [1.54, 1.807) is 0 Å². The highest BCUT2D eigenvalue weighted by Gasteiger charge is 2.42. The molecule has 1 amide bonds. The maximum atomic E-state index is 11.7. The van der Waals surface area contributed by atoms with E-state index in [1.165, 1.54) is 33.4 Å². The lowest BCUT2D eigenvalue weighted by atomic mass is 10.2. The van der Waals surface area contributed by atoms with E-state index in [-0.39, 0.29) is 11.8 Å². The van der Waals surface area contributed by atoms with Crippen molar-refractivity contribution in [1.29, 1.82) is 0 Å². The van der Waals surface area contributed by atoms with Gasteiger partial charge in [0.25, 0.3) is 0 Å². The summed E-state index contributed by atoms with van der Waals surface area (Å²) >= 11 is 0. The molecule has 1 N–H and O–H groups in total. The molecule has 0 aromatic rings. The second kappa shape index (κ2) is 7.05. The summed E-state index contributed by atoms with van der Waals surface area (Å²) in [5, 5.41) is 0. The average Bonchev–Trinajstić information content (AvgIpc) is 3.07. The van der Waals surface area contributed by atoms with Crippen LogP contribution in [-0.4, -0.2) is 32.7 Å². The molecule has 0 radical (unpaired) electrons. The molecular weight excluding hydrogens is 264 g/mol. The molecule has 0 aromatic heterocycles. The van der Waals surface area contributed by atoms with Crippen LogP contribution in [0, 0.1) is 11.8 Å². The van der Waals surface area contributed by atoms with Crippen LogP contribution in [0.15, 0.2) is 12.2 Å². The molecule has 6 heteroatoms. The van der Waals surface area contributed by atoms with E-state index in [9.17, 15) is 13.2 Å². The molecule has 1 saturated carbocycles. The summed E-state index contributed by atoms with van der Waals surface area (Å²) in [5.74, 6) is -0.368. The fourth-order valence-electron chi connectivity index (χ4n) is 1.81. The molecular formula is C13H24N2O3S. The second-order valence-electron chi connectivity index (χ2n) is 5.18. The van der Waals surface area contributed by atoms with Crippen LogP contribution in [0.4, 0.5) is 0 Å². The molecule has 1 unspecified atom stereocenters. The molecule has 2 atom stereocenters. The van der Waals surface area contributed by atoms with Gasteiger partial charge in [-0.3, -0.25) is 4.79 Å². The summed E-state index contributed by atoms with van der Waals surface area (Å²) in [6.07, 6.45) is 9.53. The predicted octanol–water partition coefficient (Wildman–Crippen LogP) is 1.68. The first-order chi connectivity index (χ1) is 8.88. The van der Waals surface area contributed by atoms with Gasteiger partial charge in [-0.1, -0.05) is 31.9 Å². The van der Waals surface area contributed by atoms with Crippen LogP contribution in [0.3, 0.4) is 0 Å². The summed E-state index contributed by atoms with van der Waals surface area (Å²) in [7, 11) is -0.856. The quantitative estimate of drug-likeness (QED) is 0.546. The minimum absolute atomic E-state index is 0.183. The van der Waals surface area contributed by atoms with Gasteiger partial charge in [-0.2, -0.15) is 12.7 Å². The highest BCUT2D eigenvalue weighted by molar-refractivity contribution is 7.87. The normalized spacial score (nSPS) is 22.9. The monoisotopic (exact) mass is 288 g/mol. The zero-order chi connectivity index (χ0) is 14.5. The van der Waals surface area contributed by atoms with Crippen LogP contribution >= 0.6 is 0 Å². The van der Waals surface area contributed by atoms with Gasteiger partial charge in [0.1, 0.15) is 0 Å². The Hall–Kier alpha value is -0.880. The number of unbranched alkanes of at least 4 members (excludes halogenated alkanes) is 3. The van der Waals surface area contributed by atoms with Crippen LogP contribution in [0.2, 0.25) is 0 Å². The van der Waals surface area contributed by atoms with Gasteiger partial charge in [0.05, 0.1) is 0 Å². The Morgan fingerprint density at radius 3 is 2.63 bits per heavy atom. The molecule has 110 valence electrons. The molecule has 19 heavy (non-hydrogen) atoms. The van der Waals surface area contributed by atoms with Crippen molar-refractivity contribution in [3.63, 3.8) is 0 Å². The number of amides is 1. The van der Waals surface area contributed by atoms with Gasteiger partial charge in [0.15, 0.2) is 0 Å². The Labute approximate surface area is 116 Å². The summed E-state index contributed by atoms with van der Waals surface area (Å²) in [6, 6.07) is 0. The lowest BCUT2D eigenvalue weighted by molar-refractivity contribution is -0.120. The molecule has 1 aliphatic carbocycles. The minimum Gasteiger partial charge on any atom is -0.274 e. The molecule has 1 rings (SSSR count). The number of hydrogen-bond acceptors (Lipinski definition) is 3. The molecule has 0 saturated heterocycles. The van der Waals surface area contributed by atoms with Crippen molar-refractivity contribution in [1.82, 2.24) is 9.03 Å². The topological polar surface area (TPSA) is 66.5 Å². The van der Waals surface area contributed by atoms with Gasteiger partial charge in [-0.25, -0.2) is 4.72 Å². The van der Waals surface area contributed by atoms with Crippen LogP contribution in [-0.2, 0) is 15.0 Å². The molecule has 0 aromatic carbocycles. The van der Waals surface area contributed by atoms with Crippen LogP contribution in [0.5, 0.6) is 0 Å². The molecule has 1 fully saturated rings. The third kappa shape index (κ3) is 5.32. The number of rotatable bonds is 8. The molecule has 0 bridgehead atoms. The van der Waals surface area contributed by atoms with Crippen molar-refractivity contribution in [2.24, 2.45) is 11.8 Å². The van der Waals surface area contributed by atoms with Crippen molar-refractivity contribution < 1.29 is 13.2 Å². The van der Waals surface area contributed by atoms with Crippen LogP contribution in [0.1, 0.15) is 39.0 Å². The van der Waals surface area contributed by atoms with Gasteiger partial charge in [-0.05, 0) is 25.2 Å². The van der Waals surface area contributed by atoms with Gasteiger partial charge < -0.3 is 0 Å². The van der Waals surface area contributed by atoms with E-state index in [0.717, 1.165) is 17.1 Å². The van der Waals surface area contributed by atoms with Gasteiger partial charge >= 0.3 is 10.2 Å². The minimum atomic E-state index is -3.65. The van der Waals surface area contributed by atoms with E-state index in [1.807, 2.05) is 6.08 Å². The second-order valence-corrected chi connectivity index (χ2v) is 7.07. The van der Waals surface area contributed by atoms with Gasteiger partial charge in [0, 0.05) is 20.0 Å². The SMILES string of the molecule is CCCCC/C=C\C1C[C@@H]1C(=O)NS(=O)(=O)N(C)C. The Bertz CT molecular complexity index is 429. The first-order valence-corrected chi connectivity index (χ1v) is 8.23. The maximum Gasteiger partial charge on any atom is 0.303 e. The Balaban J connectivity index is 2.31. The van der Waals surface area contributed by atoms with E-state index < -0.39 is 16.1 Å². The fraction of sp³-hybridized carbons (Fsp3) is 0.769. The third-order valence-corrected chi connectivity index (χ3v) is 4.67. The molecule has 1 aliphatic rings. The number of hydrogen-bond donors (Lipinski definition) is 1. The molecule has 0 spiro atoms. The zero-order valence-corrected chi connectivity index (χ0v) is 12.7. The van der Waals surface area contributed by atoms with Crippen LogP contribution in [0.25, 0.3) is 0 Å². The zero-order valence-electron chi connectivity index (χ0n) is 11.9. The van der Waals surface area contributed by atoms with Crippen molar-refractivity contribution in [2.75, 3.05) is 14.1 Å². The lowest BCUT2D eigenvalue weighted by Gasteiger charge is -2.11. The summed E-state index contributed by atoms with van der Waals surface area (Å²) < 4.78 is 26.1. The Morgan fingerprint density at radius 1 is 1.37 bits per heavy atom. The number of allylic oxidation sites excluding steroid dienone is 2. The highest BCUT2D eigenvalue weighted by atomic mass is 32.2. The predicted molar refractivity (Wildman–Crippen MR) is 75.6 cm³/mol. The van der Waals surface area contributed by atoms with E-state index in [4.69, 9.17) is 0 Å². The fourth-order valence-corrected chi connectivity index (χ4v) is 2.39. The van der Waals surface area contributed by atoms with Gasteiger partial charge in [-0.15, -0.1) is 0 Å². The number of carbonyl (C=O) groups excluding carboxylic acids is 1. The number of nitrogens with zero attached hydrogens (tertiary/aromatic N) is 1. The standard InChI is InChI=1S/C13H24N2O3S/c1-4-5-6-7-8-9-11-10-12(11)13(16)14-19(17,18)15(2)3/h8-9,11-12H,4-7,10H2,1-3H3,(H,14,16)/b9-8-/t11?,12-/m0/s1. The average molecular weight is 288 g/mol. The number of carbonyl (C=O) groups is 1. The maximum absolute atomic E-state index is 11.7. The first-order valence-electron chi connectivity index (χ1n) is 6.79. The lowest BCUT2D eigenvalue weighted by Crippen LogP contribution is -2.40. The van der Waals surface area contributed by atoms with Crippen LogP contribution < -0.4 is 4.72 Å². The van der Waals surface area contributed by atoms with Gasteiger partial charge in [0.2, 0.25) is 5.91 Å². The van der Waals surface area contributed by atoms with E-state index in [2.05, 4.69) is 17.7 Å². The summed E-state index contributed by atoms with van der Waals surface area (Å²) in [6.45, 7) is 2.16. The van der Waals surface area contributed by atoms with Crippen molar-refractivity contribution in [2.45, 2.75) is 39.0 Å².